The van der Waals surface area contributed by atoms with Crippen molar-refractivity contribution in [2.45, 2.75) is 37.1 Å². The standard InChI is InChI=1S/C11H17N7O2S/c1-4-6-20-8-13-7(12-3)14-9(15-8)21-11-17-16-10(19)18(11)5-2/h4-6H2,1-3H3,(H,16,19)(H,12,13,14,15). The molecule has 0 amide bonds. The zero-order valence-corrected chi connectivity index (χ0v) is 12.9. The van der Waals surface area contributed by atoms with Crippen LogP contribution in [0.3, 0.4) is 0 Å². The molecule has 2 aromatic heterocycles. The van der Waals surface area contributed by atoms with Crippen LogP contribution in [0.2, 0.25) is 0 Å². The maximum absolute atomic E-state index is 11.5. The van der Waals surface area contributed by atoms with E-state index in [1.165, 1.54) is 16.3 Å². The largest absolute Gasteiger partial charge is 0.463 e. The fourth-order valence-corrected chi connectivity index (χ4v) is 2.33. The fourth-order valence-electron chi connectivity index (χ4n) is 1.50. The lowest BCUT2D eigenvalue weighted by Crippen LogP contribution is -2.16. The molecule has 114 valence electrons. The zero-order valence-electron chi connectivity index (χ0n) is 12.1. The topological polar surface area (TPSA) is 111 Å². The minimum Gasteiger partial charge on any atom is -0.463 e. The Morgan fingerprint density at radius 2 is 2.14 bits per heavy atom. The molecule has 0 unspecified atom stereocenters. The molecule has 0 saturated carbocycles. The first-order valence-electron chi connectivity index (χ1n) is 6.57. The second kappa shape index (κ2) is 7.07. The maximum Gasteiger partial charge on any atom is 0.343 e. The number of hydrogen-bond acceptors (Lipinski definition) is 8. The van der Waals surface area contributed by atoms with Gasteiger partial charge >= 0.3 is 11.7 Å². The van der Waals surface area contributed by atoms with E-state index in [-0.39, 0.29) is 11.7 Å². The highest BCUT2D eigenvalue weighted by Gasteiger charge is 2.13. The summed E-state index contributed by atoms with van der Waals surface area (Å²) in [5.41, 5.74) is -0.259. The van der Waals surface area contributed by atoms with Crippen molar-refractivity contribution >= 4 is 17.7 Å². The molecule has 0 aliphatic heterocycles. The molecule has 0 aromatic carbocycles. The van der Waals surface area contributed by atoms with Crippen LogP contribution in [0.25, 0.3) is 0 Å². The summed E-state index contributed by atoms with van der Waals surface area (Å²) in [6, 6.07) is 0.250. The number of aromatic amines is 1. The van der Waals surface area contributed by atoms with E-state index in [1.54, 1.807) is 7.05 Å². The highest BCUT2D eigenvalue weighted by Crippen LogP contribution is 2.23. The number of nitrogens with zero attached hydrogens (tertiary/aromatic N) is 5. The van der Waals surface area contributed by atoms with Gasteiger partial charge in [-0.15, -0.1) is 5.10 Å². The number of hydrogen-bond donors (Lipinski definition) is 2. The molecule has 2 heterocycles. The Morgan fingerprint density at radius 1 is 1.33 bits per heavy atom. The maximum atomic E-state index is 11.5. The van der Waals surface area contributed by atoms with Gasteiger partial charge < -0.3 is 10.1 Å². The summed E-state index contributed by atoms with van der Waals surface area (Å²) in [5.74, 6) is 0.402. The molecule has 0 bridgehead atoms. The molecule has 0 saturated heterocycles. The van der Waals surface area contributed by atoms with E-state index in [2.05, 4.69) is 30.5 Å². The number of nitrogens with one attached hydrogen (secondary N) is 2. The monoisotopic (exact) mass is 311 g/mol. The van der Waals surface area contributed by atoms with Crippen LogP contribution >= 0.6 is 11.8 Å². The molecule has 0 aliphatic carbocycles. The van der Waals surface area contributed by atoms with Crippen molar-refractivity contribution in [2.24, 2.45) is 0 Å². The Balaban J connectivity index is 2.27. The molecule has 0 aliphatic rings. The third-order valence-corrected chi connectivity index (χ3v) is 3.33. The van der Waals surface area contributed by atoms with Gasteiger partial charge in [0.25, 0.3) is 0 Å². The SMILES string of the molecule is CCCOc1nc(NC)nc(Sc2n[nH]c(=O)n2CC)n1. The van der Waals surface area contributed by atoms with Gasteiger partial charge in [0, 0.05) is 13.6 Å². The summed E-state index contributed by atoms with van der Waals surface area (Å²) < 4.78 is 6.93. The quantitative estimate of drug-likeness (QED) is 0.771. The highest BCUT2D eigenvalue weighted by atomic mass is 32.2. The average Bonchev–Trinajstić information content (AvgIpc) is 2.84. The molecule has 0 fully saturated rings. The summed E-state index contributed by atoms with van der Waals surface area (Å²) in [4.78, 5) is 24.1. The Kier molecular flexibility index (Phi) is 5.14. The molecule has 21 heavy (non-hydrogen) atoms. The summed E-state index contributed by atoms with van der Waals surface area (Å²) in [7, 11) is 1.71. The molecule has 2 aromatic rings. The molecular weight excluding hydrogens is 294 g/mol. The number of anilines is 1. The molecule has 2 N–H and O–H groups in total. The van der Waals surface area contributed by atoms with Crippen LogP contribution in [-0.4, -0.2) is 43.4 Å². The molecular formula is C11H17N7O2S. The first kappa shape index (κ1) is 15.3. The lowest BCUT2D eigenvalue weighted by atomic mass is 10.5. The van der Waals surface area contributed by atoms with Gasteiger partial charge in [0.2, 0.25) is 11.1 Å². The van der Waals surface area contributed by atoms with Crippen LogP contribution in [0.5, 0.6) is 6.01 Å². The molecule has 0 radical (unpaired) electrons. The van der Waals surface area contributed by atoms with E-state index in [0.717, 1.165) is 6.42 Å². The van der Waals surface area contributed by atoms with Crippen molar-refractivity contribution < 1.29 is 4.74 Å². The van der Waals surface area contributed by atoms with Crippen molar-refractivity contribution in [1.29, 1.82) is 0 Å². The van der Waals surface area contributed by atoms with E-state index in [9.17, 15) is 4.79 Å². The third kappa shape index (κ3) is 3.72. The van der Waals surface area contributed by atoms with Crippen molar-refractivity contribution in [3.8, 4) is 6.01 Å². The van der Waals surface area contributed by atoms with Gasteiger partial charge in [-0.3, -0.25) is 4.57 Å². The van der Waals surface area contributed by atoms with Crippen molar-refractivity contribution in [3.63, 3.8) is 0 Å². The van der Waals surface area contributed by atoms with E-state index >= 15 is 0 Å². The van der Waals surface area contributed by atoms with E-state index in [4.69, 9.17) is 4.74 Å². The van der Waals surface area contributed by atoms with Gasteiger partial charge in [-0.2, -0.15) is 15.0 Å². The van der Waals surface area contributed by atoms with Crippen LogP contribution in [-0.2, 0) is 6.54 Å². The number of rotatable bonds is 7. The van der Waals surface area contributed by atoms with Crippen LogP contribution in [0.1, 0.15) is 20.3 Å². The van der Waals surface area contributed by atoms with Crippen LogP contribution in [0.4, 0.5) is 5.95 Å². The summed E-state index contributed by atoms with van der Waals surface area (Å²) in [6.45, 7) is 4.91. The van der Waals surface area contributed by atoms with Crippen molar-refractivity contribution in [1.82, 2.24) is 29.7 Å². The molecule has 2 rings (SSSR count). The molecule has 0 atom stereocenters. The average molecular weight is 311 g/mol. The predicted octanol–water partition coefficient (Wildman–Crippen LogP) is 0.758. The number of aromatic nitrogens is 6. The second-order valence-electron chi connectivity index (χ2n) is 3.98. The van der Waals surface area contributed by atoms with Crippen LogP contribution in [0.15, 0.2) is 15.1 Å². The molecule has 10 heteroatoms. The first-order valence-corrected chi connectivity index (χ1v) is 7.39. The van der Waals surface area contributed by atoms with Crippen molar-refractivity contribution in [2.75, 3.05) is 19.0 Å². The Labute approximate surface area is 125 Å². The molecule has 9 nitrogen and oxygen atoms in total. The zero-order chi connectivity index (χ0) is 15.2. The fraction of sp³-hybridized carbons (Fsp3) is 0.545. The minimum absolute atomic E-state index is 0.250. The van der Waals surface area contributed by atoms with Gasteiger partial charge in [-0.25, -0.2) is 9.89 Å². The van der Waals surface area contributed by atoms with E-state index < -0.39 is 0 Å². The Hall–Kier alpha value is -2.10. The second-order valence-corrected chi connectivity index (χ2v) is 4.91. The highest BCUT2D eigenvalue weighted by molar-refractivity contribution is 7.99. The lowest BCUT2D eigenvalue weighted by Gasteiger charge is -2.07. The van der Waals surface area contributed by atoms with Crippen LogP contribution < -0.4 is 15.7 Å². The lowest BCUT2D eigenvalue weighted by molar-refractivity contribution is 0.288. The van der Waals surface area contributed by atoms with Crippen molar-refractivity contribution in [3.05, 3.63) is 10.5 Å². The van der Waals surface area contributed by atoms with Gasteiger partial charge in [0.15, 0.2) is 5.16 Å². The van der Waals surface area contributed by atoms with Gasteiger partial charge in [-0.1, -0.05) is 6.92 Å². The minimum atomic E-state index is -0.259. The third-order valence-electron chi connectivity index (χ3n) is 2.48. The predicted molar refractivity (Wildman–Crippen MR) is 77.8 cm³/mol. The summed E-state index contributed by atoms with van der Waals surface area (Å²) >= 11 is 1.18. The van der Waals surface area contributed by atoms with Gasteiger partial charge in [0.05, 0.1) is 6.61 Å². The van der Waals surface area contributed by atoms with Gasteiger partial charge in [-0.05, 0) is 25.1 Å². The van der Waals surface area contributed by atoms with E-state index in [0.29, 0.717) is 29.4 Å². The van der Waals surface area contributed by atoms with Crippen LogP contribution in [0, 0.1) is 0 Å². The number of ether oxygens (including phenoxy) is 1. The van der Waals surface area contributed by atoms with E-state index in [1.807, 2.05) is 13.8 Å². The normalized spacial score (nSPS) is 10.6. The van der Waals surface area contributed by atoms with Gasteiger partial charge in [0.1, 0.15) is 0 Å². The Bertz CT molecular complexity index is 654. The molecule has 0 spiro atoms. The smallest absolute Gasteiger partial charge is 0.343 e. The summed E-state index contributed by atoms with van der Waals surface area (Å²) in [6.07, 6.45) is 0.859. The summed E-state index contributed by atoms with van der Waals surface area (Å²) in [5, 5.41) is 10.1. The Morgan fingerprint density at radius 3 is 2.81 bits per heavy atom. The first-order chi connectivity index (χ1) is 10.2. The number of H-pyrrole nitrogens is 1.